The Hall–Kier alpha value is -1.95. The molecule has 1 saturated heterocycles. The smallest absolute Gasteiger partial charge is 0.270 e. The average Bonchev–Trinajstić information content (AvgIpc) is 2.38. The molecule has 0 bridgehead atoms. The molecule has 102 valence electrons. The Morgan fingerprint density at radius 3 is 2.58 bits per heavy atom. The van der Waals surface area contributed by atoms with Crippen LogP contribution in [0.25, 0.3) is 0 Å². The Bertz CT molecular complexity index is 494. The van der Waals surface area contributed by atoms with Crippen LogP contribution in [-0.2, 0) is 0 Å². The van der Waals surface area contributed by atoms with Crippen molar-refractivity contribution in [2.24, 2.45) is 0 Å². The summed E-state index contributed by atoms with van der Waals surface area (Å²) in [6.45, 7) is 5.42. The second-order valence-electron chi connectivity index (χ2n) is 4.88. The van der Waals surface area contributed by atoms with Gasteiger partial charge in [0, 0.05) is 42.9 Å². The van der Waals surface area contributed by atoms with Crippen molar-refractivity contribution >= 4 is 11.6 Å². The lowest BCUT2D eigenvalue weighted by molar-refractivity contribution is -0.384. The number of amides is 1. The maximum Gasteiger partial charge on any atom is 0.270 e. The maximum atomic E-state index is 12.5. The second kappa shape index (κ2) is 5.36. The van der Waals surface area contributed by atoms with E-state index in [0.717, 1.165) is 13.1 Å². The number of hydrogen-bond donors (Lipinski definition) is 1. The highest BCUT2D eigenvalue weighted by molar-refractivity contribution is 5.95. The molecule has 1 fully saturated rings. The third-order valence-corrected chi connectivity index (χ3v) is 3.37. The molecule has 19 heavy (non-hydrogen) atoms. The fourth-order valence-corrected chi connectivity index (χ4v) is 2.43. The highest BCUT2D eigenvalue weighted by Crippen LogP contribution is 2.18. The normalized spacial score (nSPS) is 23.2. The molecule has 1 aromatic rings. The molecule has 2 unspecified atom stereocenters. The number of benzene rings is 1. The van der Waals surface area contributed by atoms with Gasteiger partial charge in [-0.15, -0.1) is 0 Å². The van der Waals surface area contributed by atoms with Gasteiger partial charge in [-0.1, -0.05) is 6.07 Å². The number of hydrogen-bond acceptors (Lipinski definition) is 4. The van der Waals surface area contributed by atoms with Gasteiger partial charge in [0.15, 0.2) is 0 Å². The van der Waals surface area contributed by atoms with Crippen LogP contribution in [0.15, 0.2) is 24.3 Å². The summed E-state index contributed by atoms with van der Waals surface area (Å²) in [4.78, 5) is 24.5. The SMILES string of the molecule is CC1CNCC(C)N1C(=O)c1cccc([N+](=O)[O-])c1. The third-order valence-electron chi connectivity index (χ3n) is 3.37. The molecule has 6 heteroatoms. The summed E-state index contributed by atoms with van der Waals surface area (Å²) in [7, 11) is 0. The zero-order valence-corrected chi connectivity index (χ0v) is 11.0. The van der Waals surface area contributed by atoms with Crippen LogP contribution >= 0.6 is 0 Å². The minimum absolute atomic E-state index is 0.0544. The molecule has 0 aromatic heterocycles. The van der Waals surface area contributed by atoms with Crippen LogP contribution in [0.2, 0.25) is 0 Å². The molecule has 6 nitrogen and oxygen atoms in total. The van der Waals surface area contributed by atoms with Crippen LogP contribution in [-0.4, -0.2) is 40.9 Å². The molecule has 1 N–H and O–H groups in total. The van der Waals surface area contributed by atoms with E-state index in [-0.39, 0.29) is 23.7 Å². The fourth-order valence-electron chi connectivity index (χ4n) is 2.43. The lowest BCUT2D eigenvalue weighted by Crippen LogP contribution is -2.57. The molecule has 1 aromatic carbocycles. The van der Waals surface area contributed by atoms with E-state index in [0.29, 0.717) is 5.56 Å². The molecule has 0 aliphatic carbocycles. The number of nitrogens with zero attached hydrogens (tertiary/aromatic N) is 2. The first-order chi connectivity index (χ1) is 9.00. The predicted molar refractivity (Wildman–Crippen MR) is 71.1 cm³/mol. The van der Waals surface area contributed by atoms with Gasteiger partial charge in [-0.05, 0) is 19.9 Å². The van der Waals surface area contributed by atoms with Gasteiger partial charge in [-0.2, -0.15) is 0 Å². The van der Waals surface area contributed by atoms with Gasteiger partial charge in [-0.3, -0.25) is 14.9 Å². The maximum absolute atomic E-state index is 12.5. The third kappa shape index (κ3) is 2.73. The molecule has 0 spiro atoms. The van der Waals surface area contributed by atoms with Crippen molar-refractivity contribution < 1.29 is 9.72 Å². The summed E-state index contributed by atoms with van der Waals surface area (Å²) in [5.74, 6) is -0.148. The first kappa shape index (κ1) is 13.5. The number of nitrogens with one attached hydrogen (secondary N) is 1. The molecule has 2 rings (SSSR count). The lowest BCUT2D eigenvalue weighted by Gasteiger charge is -2.39. The highest BCUT2D eigenvalue weighted by atomic mass is 16.6. The molecule has 1 amide bonds. The Kier molecular flexibility index (Phi) is 3.80. The summed E-state index contributed by atoms with van der Waals surface area (Å²) in [6, 6.07) is 6.05. The van der Waals surface area contributed by atoms with E-state index < -0.39 is 4.92 Å². The Labute approximate surface area is 111 Å². The lowest BCUT2D eigenvalue weighted by atomic mass is 10.1. The van der Waals surface area contributed by atoms with Gasteiger partial charge in [0.2, 0.25) is 0 Å². The van der Waals surface area contributed by atoms with Gasteiger partial charge in [-0.25, -0.2) is 0 Å². The molecular formula is C13H17N3O3. The number of carbonyl (C=O) groups excluding carboxylic acids is 1. The average molecular weight is 263 g/mol. The topological polar surface area (TPSA) is 75.5 Å². The largest absolute Gasteiger partial charge is 0.331 e. The van der Waals surface area contributed by atoms with Crippen LogP contribution in [0.5, 0.6) is 0 Å². The molecular weight excluding hydrogens is 246 g/mol. The molecule has 0 radical (unpaired) electrons. The van der Waals surface area contributed by atoms with Crippen molar-refractivity contribution in [2.45, 2.75) is 25.9 Å². The van der Waals surface area contributed by atoms with Crippen LogP contribution < -0.4 is 5.32 Å². The summed E-state index contributed by atoms with van der Waals surface area (Å²) < 4.78 is 0. The first-order valence-electron chi connectivity index (χ1n) is 6.28. The zero-order chi connectivity index (χ0) is 14.0. The van der Waals surface area contributed by atoms with E-state index in [2.05, 4.69) is 5.32 Å². The Morgan fingerprint density at radius 2 is 2.00 bits per heavy atom. The summed E-state index contributed by atoms with van der Waals surface area (Å²) in [5, 5.41) is 14.0. The van der Waals surface area contributed by atoms with Crippen LogP contribution in [0.4, 0.5) is 5.69 Å². The summed E-state index contributed by atoms with van der Waals surface area (Å²) >= 11 is 0. The van der Waals surface area contributed by atoms with Crippen LogP contribution in [0.3, 0.4) is 0 Å². The first-order valence-corrected chi connectivity index (χ1v) is 6.28. The van der Waals surface area contributed by atoms with Gasteiger partial charge < -0.3 is 10.2 Å². The van der Waals surface area contributed by atoms with Gasteiger partial charge in [0.05, 0.1) is 4.92 Å². The highest BCUT2D eigenvalue weighted by Gasteiger charge is 2.29. The molecule has 0 saturated carbocycles. The van der Waals surface area contributed by atoms with Gasteiger partial charge >= 0.3 is 0 Å². The van der Waals surface area contributed by atoms with E-state index in [4.69, 9.17) is 0 Å². The number of rotatable bonds is 2. The predicted octanol–water partition coefficient (Wildman–Crippen LogP) is 1.42. The minimum atomic E-state index is -0.485. The fraction of sp³-hybridized carbons (Fsp3) is 0.462. The number of piperazine rings is 1. The van der Waals surface area contributed by atoms with Crippen LogP contribution in [0.1, 0.15) is 24.2 Å². The van der Waals surface area contributed by atoms with E-state index >= 15 is 0 Å². The van der Waals surface area contributed by atoms with Crippen molar-refractivity contribution in [3.63, 3.8) is 0 Å². The van der Waals surface area contributed by atoms with Crippen molar-refractivity contribution in [3.8, 4) is 0 Å². The standard InChI is InChI=1S/C13H17N3O3/c1-9-7-14-8-10(2)15(9)13(17)11-4-3-5-12(6-11)16(18)19/h3-6,9-10,14H,7-8H2,1-2H3. The molecule has 1 aliphatic rings. The monoisotopic (exact) mass is 263 g/mol. The second-order valence-corrected chi connectivity index (χ2v) is 4.88. The molecule has 2 atom stereocenters. The molecule has 1 aliphatic heterocycles. The van der Waals surface area contributed by atoms with Crippen molar-refractivity contribution in [1.82, 2.24) is 10.2 Å². The van der Waals surface area contributed by atoms with Crippen LogP contribution in [0, 0.1) is 10.1 Å². The number of nitro benzene ring substituents is 1. The van der Waals surface area contributed by atoms with Crippen molar-refractivity contribution in [1.29, 1.82) is 0 Å². The van der Waals surface area contributed by atoms with E-state index in [1.165, 1.54) is 12.1 Å². The molecule has 1 heterocycles. The van der Waals surface area contributed by atoms with E-state index in [1.54, 1.807) is 17.0 Å². The quantitative estimate of drug-likeness (QED) is 0.646. The number of non-ortho nitro benzene ring substituents is 1. The minimum Gasteiger partial charge on any atom is -0.331 e. The van der Waals surface area contributed by atoms with Gasteiger partial charge in [0.1, 0.15) is 0 Å². The Morgan fingerprint density at radius 1 is 1.37 bits per heavy atom. The Balaban J connectivity index is 2.27. The van der Waals surface area contributed by atoms with E-state index in [9.17, 15) is 14.9 Å². The summed E-state index contributed by atoms with van der Waals surface area (Å²) in [5.41, 5.74) is 0.316. The summed E-state index contributed by atoms with van der Waals surface area (Å²) in [6.07, 6.45) is 0. The number of carbonyl (C=O) groups is 1. The van der Waals surface area contributed by atoms with Crippen molar-refractivity contribution in [3.05, 3.63) is 39.9 Å². The number of nitro groups is 1. The van der Waals surface area contributed by atoms with Gasteiger partial charge in [0.25, 0.3) is 11.6 Å². The van der Waals surface area contributed by atoms with E-state index in [1.807, 2.05) is 13.8 Å². The van der Waals surface area contributed by atoms with Crippen molar-refractivity contribution in [2.75, 3.05) is 13.1 Å². The zero-order valence-electron chi connectivity index (χ0n) is 11.0.